The SMILES string of the molecule is CCCCOC(=O)Nc1ccccc1C(=O)O[C@@]12CC[C@H](OC)[C@]34C([C@H](CC13)[C@@]1(O)C[C@H](OC)C[C@H]3CC4[C@]1(O)[C@H]3OC)N(CC)C2. The van der Waals surface area contributed by atoms with Crippen LogP contribution in [-0.2, 0) is 23.7 Å². The molecule has 7 rings (SSSR count). The molecule has 1 spiro atoms. The first kappa shape index (κ1) is 33.2. The monoisotopic (exact) mass is 656 g/mol. The van der Waals surface area contributed by atoms with Crippen molar-refractivity contribution in [1.29, 1.82) is 0 Å². The molecule has 1 aliphatic heterocycles. The molecule has 6 fully saturated rings. The average Bonchev–Trinajstić information content (AvgIpc) is 3.46. The number of para-hydroxylation sites is 1. The average molecular weight is 657 g/mol. The van der Waals surface area contributed by atoms with E-state index in [-0.39, 0.29) is 47.5 Å². The summed E-state index contributed by atoms with van der Waals surface area (Å²) in [7, 11) is 5.09. The minimum absolute atomic E-state index is 0.00456. The van der Waals surface area contributed by atoms with Crippen LogP contribution in [0.1, 0.15) is 75.6 Å². The number of piperidine rings is 1. The van der Waals surface area contributed by atoms with Crippen molar-refractivity contribution in [2.75, 3.05) is 46.3 Å². The maximum atomic E-state index is 14.3. The third kappa shape index (κ3) is 4.39. The molecule has 1 aromatic carbocycles. The number of nitrogens with zero attached hydrogens (tertiary/aromatic N) is 1. The predicted octanol–water partition coefficient (Wildman–Crippen LogP) is 4.00. The molecule has 0 aromatic heterocycles. The number of carbonyl (C=O) groups is 2. The van der Waals surface area contributed by atoms with Crippen LogP contribution in [0.15, 0.2) is 24.3 Å². The molecule has 7 bridgehead atoms. The highest BCUT2D eigenvalue weighted by molar-refractivity contribution is 5.99. The number of ether oxygens (including phenoxy) is 5. The van der Waals surface area contributed by atoms with Crippen molar-refractivity contribution in [2.24, 2.45) is 29.1 Å². The number of unbranched alkanes of at least 4 members (excludes halogenated alkanes) is 1. The lowest BCUT2D eigenvalue weighted by atomic mass is 9.43. The molecule has 6 aliphatic rings. The summed E-state index contributed by atoms with van der Waals surface area (Å²) < 4.78 is 30.6. The van der Waals surface area contributed by atoms with E-state index in [0.29, 0.717) is 63.9 Å². The maximum Gasteiger partial charge on any atom is 0.411 e. The van der Waals surface area contributed by atoms with Crippen LogP contribution < -0.4 is 5.32 Å². The zero-order valence-electron chi connectivity index (χ0n) is 28.4. The lowest BCUT2D eigenvalue weighted by Gasteiger charge is -2.70. The Kier molecular flexibility index (Phi) is 8.45. The first-order chi connectivity index (χ1) is 22.6. The van der Waals surface area contributed by atoms with Crippen molar-refractivity contribution in [1.82, 2.24) is 4.90 Å². The lowest BCUT2D eigenvalue weighted by molar-refractivity contribution is -0.328. The second-order valence-electron chi connectivity index (χ2n) is 15.0. The quantitative estimate of drug-likeness (QED) is 0.251. The van der Waals surface area contributed by atoms with Crippen molar-refractivity contribution >= 4 is 17.7 Å². The number of methoxy groups -OCH3 is 3. The standard InChI is InChI=1S/C36H52N2O9/c1-6-8-15-46-32(40)37-25-12-10-9-11-23(25)31(39)47-33-14-13-28(44-4)35-26(33)18-24(29(35)38(7-2)20-33)34(41)19-22(43-3)16-21-17-27(35)36(34,42)30(21)45-5/h9-12,21-22,24,26-30,41-42H,6-8,13-20H2,1-5H3,(H,37,40)/t21-,22+,24-,26?,27?,28-,29?,30-,33+,34-,35-,36-/m0/s1. The number of likely N-dealkylation sites (tertiary alicyclic amines) is 1. The van der Waals surface area contributed by atoms with E-state index in [4.69, 9.17) is 23.7 Å². The second kappa shape index (κ2) is 11.9. The first-order valence-electron chi connectivity index (χ1n) is 17.6. The molecule has 11 heteroatoms. The van der Waals surface area contributed by atoms with Gasteiger partial charge in [0.1, 0.15) is 16.8 Å². The van der Waals surface area contributed by atoms with Crippen LogP contribution in [0.3, 0.4) is 0 Å². The molecule has 1 amide bonds. The predicted molar refractivity (Wildman–Crippen MR) is 172 cm³/mol. The maximum absolute atomic E-state index is 14.3. The van der Waals surface area contributed by atoms with Gasteiger partial charge in [-0.25, -0.2) is 9.59 Å². The van der Waals surface area contributed by atoms with E-state index in [1.165, 1.54) is 0 Å². The number of nitrogens with one attached hydrogen (secondary N) is 1. The molecule has 3 unspecified atom stereocenters. The molecule has 0 radical (unpaired) electrons. The highest BCUT2D eigenvalue weighted by atomic mass is 16.6. The van der Waals surface area contributed by atoms with E-state index in [9.17, 15) is 19.8 Å². The third-order valence-electron chi connectivity index (χ3n) is 13.5. The summed E-state index contributed by atoms with van der Waals surface area (Å²) in [5, 5.41) is 28.9. The van der Waals surface area contributed by atoms with Gasteiger partial charge in [0.05, 0.1) is 36.2 Å². The Balaban J connectivity index is 1.30. The van der Waals surface area contributed by atoms with Crippen LogP contribution in [0.2, 0.25) is 0 Å². The molecule has 1 heterocycles. The van der Waals surface area contributed by atoms with Gasteiger partial charge in [0.25, 0.3) is 0 Å². The van der Waals surface area contributed by atoms with E-state index < -0.39 is 40.4 Å². The number of hydrogen-bond donors (Lipinski definition) is 3. The topological polar surface area (TPSA) is 136 Å². The van der Waals surface area contributed by atoms with Crippen LogP contribution in [0.25, 0.3) is 0 Å². The summed E-state index contributed by atoms with van der Waals surface area (Å²) in [6.07, 6.45) is 3.65. The molecule has 5 saturated carbocycles. The minimum Gasteiger partial charge on any atom is -0.454 e. The first-order valence-corrected chi connectivity index (χ1v) is 17.6. The minimum atomic E-state index is -1.51. The van der Waals surface area contributed by atoms with Gasteiger partial charge in [-0.2, -0.15) is 0 Å². The summed E-state index contributed by atoms with van der Waals surface area (Å²) in [6.45, 7) is 5.66. The largest absolute Gasteiger partial charge is 0.454 e. The Morgan fingerprint density at radius 2 is 1.81 bits per heavy atom. The highest BCUT2D eigenvalue weighted by Crippen LogP contribution is 2.78. The number of amides is 1. The number of carbonyl (C=O) groups excluding carboxylic acids is 2. The molecule has 260 valence electrons. The summed E-state index contributed by atoms with van der Waals surface area (Å²) in [6, 6.07) is 6.81. The van der Waals surface area contributed by atoms with Crippen molar-refractivity contribution in [3.05, 3.63) is 29.8 Å². The highest BCUT2D eigenvalue weighted by Gasteiger charge is 2.88. The van der Waals surface area contributed by atoms with Crippen LogP contribution in [0.5, 0.6) is 0 Å². The van der Waals surface area contributed by atoms with Gasteiger partial charge in [-0.05, 0) is 63.1 Å². The van der Waals surface area contributed by atoms with Crippen LogP contribution in [-0.4, -0.2) is 109 Å². The molecule has 12 atom stereocenters. The van der Waals surface area contributed by atoms with Gasteiger partial charge in [0.2, 0.25) is 0 Å². The molecule has 11 nitrogen and oxygen atoms in total. The van der Waals surface area contributed by atoms with Gasteiger partial charge in [0.15, 0.2) is 0 Å². The number of benzene rings is 1. The van der Waals surface area contributed by atoms with Gasteiger partial charge in [0, 0.05) is 63.5 Å². The molecule has 5 aliphatic carbocycles. The Labute approximate surface area is 277 Å². The number of rotatable bonds is 10. The number of anilines is 1. The summed E-state index contributed by atoms with van der Waals surface area (Å²) in [5.74, 6) is -1.29. The number of esters is 1. The van der Waals surface area contributed by atoms with Crippen molar-refractivity contribution < 1.29 is 43.5 Å². The van der Waals surface area contributed by atoms with E-state index in [0.717, 1.165) is 12.8 Å². The normalized spacial score (nSPS) is 44.5. The smallest absolute Gasteiger partial charge is 0.411 e. The van der Waals surface area contributed by atoms with Gasteiger partial charge in [-0.1, -0.05) is 32.4 Å². The second-order valence-corrected chi connectivity index (χ2v) is 15.0. The fraction of sp³-hybridized carbons (Fsp3) is 0.778. The number of hydrogen-bond acceptors (Lipinski definition) is 10. The molecular formula is C36H52N2O9. The molecule has 3 N–H and O–H groups in total. The fourth-order valence-corrected chi connectivity index (χ4v) is 12.1. The van der Waals surface area contributed by atoms with Gasteiger partial charge in [-0.3, -0.25) is 10.2 Å². The van der Waals surface area contributed by atoms with Crippen LogP contribution >= 0.6 is 0 Å². The van der Waals surface area contributed by atoms with Gasteiger partial charge in [-0.15, -0.1) is 0 Å². The summed E-state index contributed by atoms with van der Waals surface area (Å²) in [4.78, 5) is 29.3. The zero-order chi connectivity index (χ0) is 33.4. The van der Waals surface area contributed by atoms with E-state index in [1.54, 1.807) is 45.6 Å². The summed E-state index contributed by atoms with van der Waals surface area (Å²) >= 11 is 0. The molecule has 47 heavy (non-hydrogen) atoms. The Morgan fingerprint density at radius 1 is 1.02 bits per heavy atom. The van der Waals surface area contributed by atoms with Crippen LogP contribution in [0, 0.1) is 29.1 Å². The number of fused-ring (bicyclic) bond motifs is 2. The van der Waals surface area contributed by atoms with Crippen molar-refractivity contribution in [3.8, 4) is 0 Å². The van der Waals surface area contributed by atoms with Gasteiger partial charge >= 0.3 is 12.1 Å². The third-order valence-corrected chi connectivity index (χ3v) is 13.5. The number of likely N-dealkylation sites (N-methyl/N-ethyl adjacent to an activating group) is 1. The zero-order valence-corrected chi connectivity index (χ0v) is 28.4. The van der Waals surface area contributed by atoms with Crippen molar-refractivity contribution in [2.45, 2.75) is 106 Å². The van der Waals surface area contributed by atoms with E-state index in [2.05, 4.69) is 17.1 Å². The number of aliphatic hydroxyl groups is 2. The summed E-state index contributed by atoms with van der Waals surface area (Å²) in [5.41, 5.74) is -3.83. The molecule has 1 aromatic rings. The van der Waals surface area contributed by atoms with Crippen molar-refractivity contribution in [3.63, 3.8) is 0 Å². The molecular weight excluding hydrogens is 604 g/mol. The van der Waals surface area contributed by atoms with Gasteiger partial charge < -0.3 is 33.9 Å². The Bertz CT molecular complexity index is 1380. The lowest BCUT2D eigenvalue weighted by Crippen LogP contribution is -2.82. The Hall–Kier alpha value is -2.28. The van der Waals surface area contributed by atoms with E-state index in [1.807, 2.05) is 6.92 Å². The Morgan fingerprint density at radius 3 is 2.51 bits per heavy atom. The molecule has 1 saturated heterocycles. The van der Waals surface area contributed by atoms with Crippen LogP contribution in [0.4, 0.5) is 10.5 Å². The fourth-order valence-electron chi connectivity index (χ4n) is 12.1. The van der Waals surface area contributed by atoms with E-state index >= 15 is 0 Å².